The van der Waals surface area contributed by atoms with Crippen LogP contribution in [0.2, 0.25) is 0 Å². The Morgan fingerprint density at radius 3 is 3.00 bits per heavy atom. The fraction of sp³-hybridized carbons (Fsp3) is 0.375. The monoisotopic (exact) mass is 303 g/mol. The van der Waals surface area contributed by atoms with E-state index < -0.39 is 0 Å². The smallest absolute Gasteiger partial charge is 0.231 e. The number of ether oxygens (including phenoxy) is 2. The minimum Gasteiger partial charge on any atom is -0.507 e. The van der Waals surface area contributed by atoms with E-state index in [4.69, 9.17) is 9.47 Å². The minimum atomic E-state index is 0.233. The highest BCUT2D eigenvalue weighted by Crippen LogP contribution is 2.40. The molecule has 0 saturated carbocycles. The van der Waals surface area contributed by atoms with Crippen LogP contribution in [0.1, 0.15) is 29.0 Å². The molecule has 21 heavy (non-hydrogen) atoms. The number of thiophene rings is 1. The predicted octanol–water partition coefficient (Wildman–Crippen LogP) is 3.30. The van der Waals surface area contributed by atoms with Crippen molar-refractivity contribution in [3.8, 4) is 17.2 Å². The van der Waals surface area contributed by atoms with Gasteiger partial charge in [0.15, 0.2) is 11.5 Å². The third kappa shape index (κ3) is 2.17. The van der Waals surface area contributed by atoms with E-state index in [-0.39, 0.29) is 12.5 Å². The van der Waals surface area contributed by atoms with Crippen molar-refractivity contribution < 1.29 is 14.6 Å². The summed E-state index contributed by atoms with van der Waals surface area (Å²) in [5.41, 5.74) is 2.32. The Morgan fingerprint density at radius 1 is 1.33 bits per heavy atom. The number of hydrogen-bond donors (Lipinski definition) is 1. The van der Waals surface area contributed by atoms with Crippen LogP contribution in [0.25, 0.3) is 0 Å². The van der Waals surface area contributed by atoms with Gasteiger partial charge in [0.25, 0.3) is 0 Å². The largest absolute Gasteiger partial charge is 0.507 e. The molecule has 1 N–H and O–H groups in total. The van der Waals surface area contributed by atoms with E-state index in [1.807, 2.05) is 17.4 Å². The number of benzene rings is 1. The van der Waals surface area contributed by atoms with E-state index in [1.165, 1.54) is 10.4 Å². The maximum absolute atomic E-state index is 10.2. The fourth-order valence-corrected chi connectivity index (χ4v) is 4.06. The van der Waals surface area contributed by atoms with Crippen molar-refractivity contribution in [2.75, 3.05) is 13.3 Å². The summed E-state index contributed by atoms with van der Waals surface area (Å²) in [7, 11) is 0. The quantitative estimate of drug-likeness (QED) is 0.924. The summed E-state index contributed by atoms with van der Waals surface area (Å²) < 4.78 is 10.7. The first-order valence-corrected chi connectivity index (χ1v) is 8.02. The Labute approximate surface area is 127 Å². The molecule has 0 fully saturated rings. The van der Waals surface area contributed by atoms with E-state index in [2.05, 4.69) is 23.3 Å². The fourth-order valence-electron chi connectivity index (χ4n) is 3.10. The van der Waals surface area contributed by atoms with Crippen molar-refractivity contribution in [2.45, 2.75) is 25.9 Å². The molecule has 3 heterocycles. The van der Waals surface area contributed by atoms with Crippen LogP contribution in [-0.4, -0.2) is 23.3 Å². The molecule has 4 rings (SSSR count). The molecule has 2 aliphatic rings. The highest BCUT2D eigenvalue weighted by Gasteiger charge is 2.26. The number of hydrogen-bond acceptors (Lipinski definition) is 5. The van der Waals surface area contributed by atoms with Crippen LogP contribution in [-0.2, 0) is 13.0 Å². The van der Waals surface area contributed by atoms with Gasteiger partial charge in [0.05, 0.1) is 0 Å². The van der Waals surface area contributed by atoms with Gasteiger partial charge in [0, 0.05) is 35.6 Å². The summed E-state index contributed by atoms with van der Waals surface area (Å²) >= 11 is 1.84. The molecular formula is C16H17NO3S. The van der Waals surface area contributed by atoms with Crippen LogP contribution in [0.3, 0.4) is 0 Å². The molecule has 1 aromatic heterocycles. The highest BCUT2D eigenvalue weighted by atomic mass is 32.1. The van der Waals surface area contributed by atoms with Gasteiger partial charge in [0.1, 0.15) is 5.75 Å². The first-order chi connectivity index (χ1) is 10.2. The second-order valence-electron chi connectivity index (χ2n) is 5.53. The molecule has 0 unspecified atom stereocenters. The van der Waals surface area contributed by atoms with Crippen molar-refractivity contribution in [2.24, 2.45) is 0 Å². The molecule has 0 bridgehead atoms. The standard InChI is InChI=1S/C16H17NO3S/c1-10-12-3-5-21-16(12)2-4-17(10)8-11-6-14-15(7-13(11)18)20-9-19-14/h3,5-7,10,18H,2,4,8-9H2,1H3/t10-/m0/s1. The summed E-state index contributed by atoms with van der Waals surface area (Å²) in [5.74, 6) is 1.63. The van der Waals surface area contributed by atoms with Gasteiger partial charge in [-0.25, -0.2) is 0 Å². The first kappa shape index (κ1) is 13.0. The first-order valence-electron chi connectivity index (χ1n) is 7.14. The number of nitrogens with zero attached hydrogens (tertiary/aromatic N) is 1. The number of fused-ring (bicyclic) bond motifs is 2. The minimum absolute atomic E-state index is 0.233. The third-order valence-electron chi connectivity index (χ3n) is 4.35. The Balaban J connectivity index is 1.60. The SMILES string of the molecule is C[C@H]1c2ccsc2CCN1Cc1cc2c(cc1O)OCO2. The summed E-state index contributed by atoms with van der Waals surface area (Å²) in [6.45, 7) is 4.20. The molecule has 1 atom stereocenters. The molecule has 0 amide bonds. The second kappa shape index (κ2) is 4.93. The lowest BCUT2D eigenvalue weighted by atomic mass is 10.0. The zero-order valence-corrected chi connectivity index (χ0v) is 12.7. The molecule has 0 radical (unpaired) electrons. The van der Waals surface area contributed by atoms with Crippen molar-refractivity contribution in [3.05, 3.63) is 39.6 Å². The average molecular weight is 303 g/mol. The molecule has 2 aromatic rings. The summed E-state index contributed by atoms with van der Waals surface area (Å²) in [6.07, 6.45) is 1.09. The third-order valence-corrected chi connectivity index (χ3v) is 5.35. The average Bonchev–Trinajstić information content (AvgIpc) is 3.10. The maximum atomic E-state index is 10.2. The molecule has 5 heteroatoms. The van der Waals surface area contributed by atoms with Crippen molar-refractivity contribution in [1.82, 2.24) is 4.90 Å². The maximum Gasteiger partial charge on any atom is 0.231 e. The van der Waals surface area contributed by atoms with Gasteiger partial charge in [-0.15, -0.1) is 11.3 Å². The van der Waals surface area contributed by atoms with E-state index in [9.17, 15) is 5.11 Å². The lowest BCUT2D eigenvalue weighted by molar-refractivity contribution is 0.173. The number of phenols is 1. The van der Waals surface area contributed by atoms with Gasteiger partial charge in [-0.2, -0.15) is 0 Å². The Kier molecular flexibility index (Phi) is 3.05. The van der Waals surface area contributed by atoms with E-state index in [0.717, 1.165) is 30.8 Å². The van der Waals surface area contributed by atoms with Gasteiger partial charge >= 0.3 is 0 Å². The zero-order valence-electron chi connectivity index (χ0n) is 11.8. The summed E-state index contributed by atoms with van der Waals surface area (Å²) in [5, 5.41) is 12.4. The Hall–Kier alpha value is -1.72. The van der Waals surface area contributed by atoms with Crippen LogP contribution >= 0.6 is 11.3 Å². The van der Waals surface area contributed by atoms with E-state index in [0.29, 0.717) is 11.8 Å². The predicted molar refractivity (Wildman–Crippen MR) is 81.1 cm³/mol. The molecule has 0 spiro atoms. The zero-order chi connectivity index (χ0) is 14.4. The molecule has 110 valence electrons. The molecule has 0 aliphatic carbocycles. The van der Waals surface area contributed by atoms with Gasteiger partial charge in [-0.1, -0.05) is 0 Å². The lowest BCUT2D eigenvalue weighted by Crippen LogP contribution is -2.32. The molecule has 2 aliphatic heterocycles. The van der Waals surface area contributed by atoms with Gasteiger partial charge < -0.3 is 14.6 Å². The van der Waals surface area contributed by atoms with Gasteiger partial charge in [0.2, 0.25) is 6.79 Å². The van der Waals surface area contributed by atoms with Crippen molar-refractivity contribution in [3.63, 3.8) is 0 Å². The summed E-state index contributed by atoms with van der Waals surface area (Å²) in [6, 6.07) is 6.15. The van der Waals surface area contributed by atoms with Crippen LogP contribution in [0, 0.1) is 0 Å². The molecular weight excluding hydrogens is 286 g/mol. The van der Waals surface area contributed by atoms with Gasteiger partial charge in [-0.05, 0) is 36.4 Å². The van der Waals surface area contributed by atoms with Crippen molar-refractivity contribution >= 4 is 11.3 Å². The van der Waals surface area contributed by atoms with Crippen LogP contribution in [0.15, 0.2) is 23.6 Å². The molecule has 1 aromatic carbocycles. The van der Waals surface area contributed by atoms with Crippen LogP contribution < -0.4 is 9.47 Å². The topological polar surface area (TPSA) is 41.9 Å². The van der Waals surface area contributed by atoms with Crippen molar-refractivity contribution in [1.29, 1.82) is 0 Å². The Morgan fingerprint density at radius 2 is 2.14 bits per heavy atom. The van der Waals surface area contributed by atoms with Gasteiger partial charge in [-0.3, -0.25) is 4.90 Å². The highest BCUT2D eigenvalue weighted by molar-refractivity contribution is 7.10. The second-order valence-corrected chi connectivity index (χ2v) is 6.53. The number of rotatable bonds is 2. The van der Waals surface area contributed by atoms with E-state index >= 15 is 0 Å². The summed E-state index contributed by atoms with van der Waals surface area (Å²) in [4.78, 5) is 3.89. The number of aromatic hydroxyl groups is 1. The Bertz CT molecular complexity index is 682. The van der Waals surface area contributed by atoms with E-state index in [1.54, 1.807) is 6.07 Å². The molecule has 4 nitrogen and oxygen atoms in total. The number of phenolic OH excluding ortho intramolecular Hbond substituents is 1. The molecule has 0 saturated heterocycles. The lowest BCUT2D eigenvalue weighted by Gasteiger charge is -2.33. The normalized spacial score (nSPS) is 20.5. The van der Waals surface area contributed by atoms with Crippen LogP contribution in [0.4, 0.5) is 0 Å². The van der Waals surface area contributed by atoms with Crippen LogP contribution in [0.5, 0.6) is 17.2 Å².